The Hall–Kier alpha value is -1.70. The predicted molar refractivity (Wildman–Crippen MR) is 99.2 cm³/mol. The minimum absolute atomic E-state index is 0.140. The second-order valence-corrected chi connectivity index (χ2v) is 8.31. The number of hydrogen-bond acceptors (Lipinski definition) is 5. The lowest BCUT2D eigenvalue weighted by molar-refractivity contribution is -0.136. The molecule has 1 atom stereocenters. The van der Waals surface area contributed by atoms with Crippen LogP contribution in [-0.4, -0.2) is 38.9 Å². The third-order valence-electron chi connectivity index (χ3n) is 5.05. The fourth-order valence-electron chi connectivity index (χ4n) is 3.76. The summed E-state index contributed by atoms with van der Waals surface area (Å²) in [7, 11) is 0. The monoisotopic (exact) mass is 375 g/mol. The average Bonchev–Trinajstić information content (AvgIpc) is 3.33. The number of carboxylic acid groups (broad SMARTS) is 1. The molecule has 0 saturated carbocycles. The fourth-order valence-corrected chi connectivity index (χ4v) is 4.89. The molecule has 7 heteroatoms. The minimum atomic E-state index is -0.769. The molecule has 6 nitrogen and oxygen atoms in total. The highest BCUT2D eigenvalue weighted by atomic mass is 32.1. The summed E-state index contributed by atoms with van der Waals surface area (Å²) in [5, 5.41) is 13.5. The molecule has 2 aliphatic heterocycles. The van der Waals surface area contributed by atoms with Gasteiger partial charge in [0.25, 0.3) is 0 Å². The molecule has 0 unspecified atom stereocenters. The second-order valence-electron chi connectivity index (χ2n) is 7.11. The van der Waals surface area contributed by atoms with Gasteiger partial charge >= 0.3 is 5.97 Å². The van der Waals surface area contributed by atoms with E-state index in [0.717, 1.165) is 57.7 Å². The number of aliphatic carboxylic acids is 1. The highest BCUT2D eigenvalue weighted by Gasteiger charge is 2.21. The summed E-state index contributed by atoms with van der Waals surface area (Å²) in [6, 6.07) is 6.54. The van der Waals surface area contributed by atoms with Crippen LogP contribution in [0.25, 0.3) is 0 Å². The summed E-state index contributed by atoms with van der Waals surface area (Å²) in [6.07, 6.45) is 4.32. The molecule has 0 amide bonds. The van der Waals surface area contributed by atoms with Crippen molar-refractivity contribution in [2.75, 3.05) is 13.2 Å². The molecule has 140 valence electrons. The van der Waals surface area contributed by atoms with Crippen molar-refractivity contribution in [3.63, 3.8) is 0 Å². The van der Waals surface area contributed by atoms with Crippen LogP contribution in [0.5, 0.6) is 0 Å². The molecular weight excluding hydrogens is 350 g/mol. The third kappa shape index (κ3) is 4.16. The van der Waals surface area contributed by atoms with Gasteiger partial charge in [0.15, 0.2) is 0 Å². The first-order chi connectivity index (χ1) is 12.7. The van der Waals surface area contributed by atoms with Crippen LogP contribution in [0.15, 0.2) is 18.2 Å². The number of aromatic nitrogens is 2. The Labute approximate surface area is 157 Å². The maximum Gasteiger partial charge on any atom is 0.303 e. The van der Waals surface area contributed by atoms with E-state index in [4.69, 9.17) is 9.84 Å². The van der Waals surface area contributed by atoms with Crippen LogP contribution in [-0.2, 0) is 35.6 Å². The molecule has 2 aromatic heterocycles. The molecule has 0 aromatic carbocycles. The lowest BCUT2D eigenvalue weighted by Crippen LogP contribution is -2.22. The summed E-state index contributed by atoms with van der Waals surface area (Å²) in [5.41, 5.74) is 2.08. The van der Waals surface area contributed by atoms with Crippen molar-refractivity contribution in [3.8, 4) is 0 Å². The van der Waals surface area contributed by atoms with Crippen molar-refractivity contribution in [2.24, 2.45) is 0 Å². The lowest BCUT2D eigenvalue weighted by atomic mass is 10.2. The van der Waals surface area contributed by atoms with Gasteiger partial charge in [0.1, 0.15) is 0 Å². The summed E-state index contributed by atoms with van der Waals surface area (Å²) >= 11 is 1.87. The molecule has 0 radical (unpaired) electrons. The maximum atomic E-state index is 10.8. The van der Waals surface area contributed by atoms with Crippen LogP contribution in [0.3, 0.4) is 0 Å². The van der Waals surface area contributed by atoms with Crippen LogP contribution in [0.4, 0.5) is 0 Å². The third-order valence-corrected chi connectivity index (χ3v) is 6.21. The summed E-state index contributed by atoms with van der Waals surface area (Å²) < 4.78 is 7.85. The van der Waals surface area contributed by atoms with Crippen molar-refractivity contribution in [1.82, 2.24) is 14.7 Å². The molecule has 4 rings (SSSR count). The molecule has 0 aliphatic carbocycles. The summed E-state index contributed by atoms with van der Waals surface area (Å²) in [5.74, 6) is -0.769. The molecule has 2 aliphatic rings. The molecule has 4 heterocycles. The van der Waals surface area contributed by atoms with Gasteiger partial charge in [0, 0.05) is 49.0 Å². The van der Waals surface area contributed by atoms with E-state index in [1.54, 1.807) is 0 Å². The van der Waals surface area contributed by atoms with E-state index in [9.17, 15) is 4.79 Å². The van der Waals surface area contributed by atoms with E-state index in [1.165, 1.54) is 15.4 Å². The lowest BCUT2D eigenvalue weighted by Gasteiger charge is -2.18. The molecule has 0 spiro atoms. The number of nitrogens with zero attached hydrogens (tertiary/aromatic N) is 3. The fraction of sp³-hybridized carbons (Fsp3) is 0.579. The number of hydrogen-bond donors (Lipinski definition) is 1. The highest BCUT2D eigenvalue weighted by molar-refractivity contribution is 7.12. The van der Waals surface area contributed by atoms with E-state index < -0.39 is 5.97 Å². The Bertz CT molecular complexity index is 764. The van der Waals surface area contributed by atoms with E-state index in [-0.39, 0.29) is 6.42 Å². The van der Waals surface area contributed by atoms with Crippen molar-refractivity contribution in [2.45, 2.75) is 57.8 Å². The van der Waals surface area contributed by atoms with E-state index >= 15 is 0 Å². The van der Waals surface area contributed by atoms with Gasteiger partial charge in [0.05, 0.1) is 23.9 Å². The van der Waals surface area contributed by atoms with Gasteiger partial charge < -0.3 is 9.84 Å². The van der Waals surface area contributed by atoms with Gasteiger partial charge in [-0.15, -0.1) is 11.3 Å². The highest BCUT2D eigenvalue weighted by Crippen LogP contribution is 2.34. The second kappa shape index (κ2) is 7.90. The Morgan fingerprint density at radius 1 is 1.35 bits per heavy atom. The van der Waals surface area contributed by atoms with Gasteiger partial charge in [-0.25, -0.2) is 0 Å². The van der Waals surface area contributed by atoms with Crippen molar-refractivity contribution in [3.05, 3.63) is 39.3 Å². The Balaban J connectivity index is 1.39. The summed E-state index contributed by atoms with van der Waals surface area (Å²) in [6.45, 7) is 4.67. The topological polar surface area (TPSA) is 67.6 Å². The molecule has 26 heavy (non-hydrogen) atoms. The molecule has 0 bridgehead atoms. The van der Waals surface area contributed by atoms with Crippen LogP contribution in [0.1, 0.15) is 52.9 Å². The van der Waals surface area contributed by atoms with Gasteiger partial charge in [-0.1, -0.05) is 0 Å². The van der Waals surface area contributed by atoms with Crippen LogP contribution < -0.4 is 0 Å². The predicted octanol–water partition coefficient (Wildman–Crippen LogP) is 3.22. The Morgan fingerprint density at radius 3 is 3.08 bits per heavy atom. The number of ether oxygens (including phenoxy) is 1. The zero-order valence-electron chi connectivity index (χ0n) is 14.9. The van der Waals surface area contributed by atoms with Crippen LogP contribution in [0.2, 0.25) is 0 Å². The number of fused-ring (bicyclic) bond motifs is 1. The quantitative estimate of drug-likeness (QED) is 0.840. The van der Waals surface area contributed by atoms with Crippen LogP contribution >= 0.6 is 11.3 Å². The Kier molecular flexibility index (Phi) is 5.38. The first kappa shape index (κ1) is 17.7. The van der Waals surface area contributed by atoms with Crippen molar-refractivity contribution in [1.29, 1.82) is 0 Å². The number of thiophene rings is 1. The van der Waals surface area contributed by atoms with Crippen LogP contribution in [0, 0.1) is 0 Å². The van der Waals surface area contributed by atoms with E-state index in [0.29, 0.717) is 12.5 Å². The first-order valence-electron chi connectivity index (χ1n) is 9.37. The van der Waals surface area contributed by atoms with Crippen molar-refractivity contribution < 1.29 is 14.6 Å². The molecule has 1 fully saturated rings. The van der Waals surface area contributed by atoms with Gasteiger partial charge in [-0.3, -0.25) is 14.4 Å². The number of rotatable bonds is 6. The summed E-state index contributed by atoms with van der Waals surface area (Å²) in [4.78, 5) is 16.0. The number of aryl methyl sites for hydroxylation is 2. The van der Waals surface area contributed by atoms with Crippen molar-refractivity contribution >= 4 is 17.3 Å². The SMILES string of the molecule is O=C(O)CCc1cc2n(n1)CCCN(Cc1ccc([C@H]3CCCO3)s1)C2. The largest absolute Gasteiger partial charge is 0.481 e. The standard InChI is InChI=1S/C19H25N3O3S/c23-19(24)7-4-14-11-15-12-21(8-2-9-22(15)20-14)13-16-5-6-18(26-16)17-3-1-10-25-17/h5-6,11,17H,1-4,7-10,12-13H2,(H,23,24)/t17-/m1/s1. The normalized spacial score (nSPS) is 20.8. The molecule has 1 saturated heterocycles. The average molecular weight is 375 g/mol. The van der Waals surface area contributed by atoms with Gasteiger partial charge in [0.2, 0.25) is 0 Å². The zero-order valence-corrected chi connectivity index (χ0v) is 15.7. The zero-order chi connectivity index (χ0) is 17.9. The van der Waals surface area contributed by atoms with Gasteiger partial charge in [-0.05, 0) is 37.5 Å². The number of carbonyl (C=O) groups is 1. The van der Waals surface area contributed by atoms with E-state index in [2.05, 4.69) is 32.9 Å². The molecular formula is C19H25N3O3S. The molecule has 2 aromatic rings. The Morgan fingerprint density at radius 2 is 2.27 bits per heavy atom. The first-order valence-corrected chi connectivity index (χ1v) is 10.2. The van der Waals surface area contributed by atoms with E-state index in [1.807, 2.05) is 11.3 Å². The minimum Gasteiger partial charge on any atom is -0.481 e. The maximum absolute atomic E-state index is 10.8. The smallest absolute Gasteiger partial charge is 0.303 e. The van der Waals surface area contributed by atoms with Gasteiger partial charge in [-0.2, -0.15) is 5.10 Å². The number of carboxylic acids is 1. The molecule has 1 N–H and O–H groups in total.